The maximum Gasteiger partial charge on any atom is 0.391 e. The van der Waals surface area contributed by atoms with Gasteiger partial charge in [-0.3, -0.25) is 4.72 Å². The van der Waals surface area contributed by atoms with Crippen molar-refractivity contribution in [3.05, 3.63) is 34.5 Å². The van der Waals surface area contributed by atoms with Crippen LogP contribution in [0.15, 0.2) is 28.6 Å². The summed E-state index contributed by atoms with van der Waals surface area (Å²) in [7, 11) is -0.766. The van der Waals surface area contributed by atoms with Crippen molar-refractivity contribution < 1.29 is 26.0 Å². The third-order valence-corrected chi connectivity index (χ3v) is 7.73. The van der Waals surface area contributed by atoms with Crippen LogP contribution < -0.4 is 10.0 Å². The highest BCUT2D eigenvalue weighted by molar-refractivity contribution is 7.93. The van der Waals surface area contributed by atoms with Gasteiger partial charge in [-0.2, -0.15) is 13.2 Å². The maximum atomic E-state index is 14.7. The van der Waals surface area contributed by atoms with Crippen LogP contribution in [0.5, 0.6) is 0 Å². The van der Waals surface area contributed by atoms with Crippen molar-refractivity contribution in [2.24, 2.45) is 5.92 Å². The highest BCUT2D eigenvalue weighted by Gasteiger charge is 2.45. The summed E-state index contributed by atoms with van der Waals surface area (Å²) in [5.74, 6) is -2.56. The van der Waals surface area contributed by atoms with Crippen molar-refractivity contribution >= 4 is 43.8 Å². The predicted octanol–water partition coefficient (Wildman–Crippen LogP) is 4.81. The topological polar surface area (TPSA) is 74.3 Å². The maximum absolute atomic E-state index is 14.7. The van der Waals surface area contributed by atoms with Crippen LogP contribution in [0.2, 0.25) is 5.02 Å². The Morgan fingerprint density at radius 3 is 2.55 bits per heavy atom. The van der Waals surface area contributed by atoms with Gasteiger partial charge in [0, 0.05) is 23.7 Å². The SMILES string of the molecule is CN(C)[C@H]1CC[C@H](C(F)(F)F)C[C@@H]1Nc1cc(F)c(S(=O)(=O)Nc2nccs2)cc1Cl. The summed E-state index contributed by atoms with van der Waals surface area (Å²) < 4.78 is 81.6. The molecular formula is C18H21ClF4N4O2S2. The van der Waals surface area contributed by atoms with E-state index in [4.69, 9.17) is 11.6 Å². The molecule has 31 heavy (non-hydrogen) atoms. The molecule has 1 aliphatic carbocycles. The zero-order valence-electron chi connectivity index (χ0n) is 16.6. The molecular weight excluding hydrogens is 480 g/mol. The fraction of sp³-hybridized carbons (Fsp3) is 0.500. The number of aromatic nitrogens is 1. The van der Waals surface area contributed by atoms with Crippen LogP contribution in [0.1, 0.15) is 19.3 Å². The lowest BCUT2D eigenvalue weighted by Gasteiger charge is -2.41. The summed E-state index contributed by atoms with van der Waals surface area (Å²) in [6.07, 6.45) is -2.83. The summed E-state index contributed by atoms with van der Waals surface area (Å²) in [5.41, 5.74) is 0.0343. The van der Waals surface area contributed by atoms with Gasteiger partial charge in [0.25, 0.3) is 10.0 Å². The fourth-order valence-electron chi connectivity index (χ4n) is 3.71. The van der Waals surface area contributed by atoms with Crippen molar-refractivity contribution in [2.45, 2.75) is 42.4 Å². The Morgan fingerprint density at radius 2 is 1.97 bits per heavy atom. The first-order valence-electron chi connectivity index (χ1n) is 9.29. The summed E-state index contributed by atoms with van der Waals surface area (Å²) in [6.45, 7) is 0. The Labute approximate surface area is 186 Å². The average molecular weight is 501 g/mol. The molecule has 1 aromatic heterocycles. The molecule has 2 N–H and O–H groups in total. The Kier molecular flexibility index (Phi) is 7.04. The smallest absolute Gasteiger partial charge is 0.379 e. The number of hydrogen-bond acceptors (Lipinski definition) is 6. The molecule has 1 heterocycles. The van der Waals surface area contributed by atoms with Crippen molar-refractivity contribution in [3.63, 3.8) is 0 Å². The molecule has 1 aliphatic rings. The number of likely N-dealkylation sites (N-methyl/N-ethyl adjacent to an activating group) is 1. The Hall–Kier alpha value is -1.63. The van der Waals surface area contributed by atoms with Crippen molar-refractivity contribution in [3.8, 4) is 0 Å². The summed E-state index contributed by atoms with van der Waals surface area (Å²) in [6, 6.07) is 0.947. The number of halogens is 5. The number of thiazole rings is 1. The molecule has 1 saturated carbocycles. The van der Waals surface area contributed by atoms with Gasteiger partial charge in [0.1, 0.15) is 10.7 Å². The quantitative estimate of drug-likeness (QED) is 0.557. The van der Waals surface area contributed by atoms with E-state index >= 15 is 0 Å². The molecule has 1 aromatic carbocycles. The molecule has 0 unspecified atom stereocenters. The zero-order chi connectivity index (χ0) is 23.0. The Morgan fingerprint density at radius 1 is 1.26 bits per heavy atom. The second kappa shape index (κ2) is 9.08. The summed E-state index contributed by atoms with van der Waals surface area (Å²) in [4.78, 5) is 4.92. The molecule has 0 amide bonds. The van der Waals surface area contributed by atoms with Crippen LogP contribution in [0.4, 0.5) is 28.4 Å². The number of benzene rings is 1. The highest BCUT2D eigenvalue weighted by atomic mass is 35.5. The molecule has 1 fully saturated rings. The molecule has 0 spiro atoms. The first kappa shape index (κ1) is 24.0. The molecule has 0 radical (unpaired) electrons. The Balaban J connectivity index is 1.86. The van der Waals surface area contributed by atoms with Gasteiger partial charge in [0.2, 0.25) is 0 Å². The number of hydrogen-bond donors (Lipinski definition) is 2. The van der Waals surface area contributed by atoms with E-state index in [1.165, 1.54) is 6.20 Å². The van der Waals surface area contributed by atoms with Gasteiger partial charge in [0.05, 0.1) is 16.6 Å². The standard InChI is InChI=1S/C18H21ClF4N4O2S2/c1-27(2)15-4-3-10(18(21,22)23)7-14(15)25-13-9-12(20)16(8-11(13)19)31(28,29)26-17-24-5-6-30-17/h5-6,8-10,14-15,25H,3-4,7H2,1-2H3,(H,24,26)/t10-,14-,15-/m0/s1. The fourth-order valence-corrected chi connectivity index (χ4v) is 5.87. The molecule has 3 atom stereocenters. The van der Waals surface area contributed by atoms with E-state index in [2.05, 4.69) is 15.0 Å². The molecule has 13 heteroatoms. The molecule has 0 bridgehead atoms. The minimum atomic E-state index is -4.33. The lowest BCUT2D eigenvalue weighted by Crippen LogP contribution is -2.49. The summed E-state index contributed by atoms with van der Waals surface area (Å²) in [5, 5.41) is 4.40. The van der Waals surface area contributed by atoms with Crippen LogP contribution in [-0.4, -0.2) is 50.7 Å². The van der Waals surface area contributed by atoms with E-state index in [9.17, 15) is 26.0 Å². The highest BCUT2D eigenvalue weighted by Crippen LogP contribution is 2.40. The second-order valence-corrected chi connectivity index (χ2v) is 10.5. The lowest BCUT2D eigenvalue weighted by molar-refractivity contribution is -0.185. The molecule has 172 valence electrons. The first-order valence-corrected chi connectivity index (χ1v) is 12.0. The number of nitrogens with zero attached hydrogens (tertiary/aromatic N) is 2. The van der Waals surface area contributed by atoms with E-state index in [-0.39, 0.29) is 34.7 Å². The molecule has 0 saturated heterocycles. The average Bonchev–Trinajstić information content (AvgIpc) is 3.15. The van der Waals surface area contributed by atoms with Crippen LogP contribution in [0, 0.1) is 11.7 Å². The number of alkyl halides is 3. The van der Waals surface area contributed by atoms with Crippen LogP contribution in [0.25, 0.3) is 0 Å². The van der Waals surface area contributed by atoms with Gasteiger partial charge >= 0.3 is 6.18 Å². The van der Waals surface area contributed by atoms with E-state index in [0.717, 1.165) is 23.5 Å². The molecule has 2 aromatic rings. The van der Waals surface area contributed by atoms with Crippen molar-refractivity contribution in [1.29, 1.82) is 0 Å². The largest absolute Gasteiger partial charge is 0.391 e. The normalized spacial score (nSPS) is 22.5. The van der Waals surface area contributed by atoms with Gasteiger partial charge in [-0.15, -0.1) is 11.3 Å². The van der Waals surface area contributed by atoms with Gasteiger partial charge in [-0.1, -0.05) is 11.6 Å². The van der Waals surface area contributed by atoms with Crippen LogP contribution in [-0.2, 0) is 10.0 Å². The number of nitrogens with one attached hydrogen (secondary N) is 2. The van der Waals surface area contributed by atoms with Gasteiger partial charge in [-0.05, 0) is 45.5 Å². The molecule has 3 rings (SSSR count). The number of sulfonamides is 1. The Bertz CT molecular complexity index is 1020. The van der Waals surface area contributed by atoms with Gasteiger partial charge < -0.3 is 10.2 Å². The third kappa shape index (κ3) is 5.60. The lowest BCUT2D eigenvalue weighted by atomic mass is 9.81. The van der Waals surface area contributed by atoms with Gasteiger partial charge in [0.15, 0.2) is 5.13 Å². The van der Waals surface area contributed by atoms with E-state index in [1.807, 2.05) is 4.90 Å². The summed E-state index contributed by atoms with van der Waals surface area (Å²) >= 11 is 7.21. The minimum absolute atomic E-state index is 0.00618. The monoisotopic (exact) mass is 500 g/mol. The first-order chi connectivity index (χ1) is 14.4. The zero-order valence-corrected chi connectivity index (χ0v) is 19.0. The van der Waals surface area contributed by atoms with E-state index in [0.29, 0.717) is 6.42 Å². The minimum Gasteiger partial charge on any atom is -0.379 e. The van der Waals surface area contributed by atoms with Gasteiger partial charge in [-0.25, -0.2) is 17.8 Å². The number of anilines is 2. The van der Waals surface area contributed by atoms with E-state index in [1.54, 1.807) is 19.5 Å². The predicted molar refractivity (Wildman–Crippen MR) is 113 cm³/mol. The number of rotatable bonds is 6. The molecule has 0 aliphatic heterocycles. The van der Waals surface area contributed by atoms with Crippen molar-refractivity contribution in [1.82, 2.24) is 9.88 Å². The van der Waals surface area contributed by atoms with Crippen LogP contribution in [0.3, 0.4) is 0 Å². The van der Waals surface area contributed by atoms with Crippen molar-refractivity contribution in [2.75, 3.05) is 24.1 Å². The second-order valence-electron chi connectivity index (χ2n) is 7.54. The third-order valence-electron chi connectivity index (χ3n) is 5.25. The molecule has 6 nitrogen and oxygen atoms in total. The van der Waals surface area contributed by atoms with E-state index < -0.39 is 38.9 Å². The van der Waals surface area contributed by atoms with Crippen LogP contribution >= 0.6 is 22.9 Å².